The lowest BCUT2D eigenvalue weighted by molar-refractivity contribution is -0.384. The van der Waals surface area contributed by atoms with Gasteiger partial charge in [0.05, 0.1) is 11.0 Å². The summed E-state index contributed by atoms with van der Waals surface area (Å²) in [7, 11) is 0. The Balaban J connectivity index is 0.00000261. The monoisotopic (exact) mass is 393 g/mol. The maximum Gasteiger partial charge on any atom is 0.269 e. The fourth-order valence-electron chi connectivity index (χ4n) is 2.70. The van der Waals surface area contributed by atoms with Crippen molar-refractivity contribution in [3.63, 3.8) is 0 Å². The van der Waals surface area contributed by atoms with Crippen molar-refractivity contribution < 1.29 is 19.2 Å². The summed E-state index contributed by atoms with van der Waals surface area (Å²) in [6, 6.07) is 12.7. The first kappa shape index (κ1) is 20.6. The van der Waals surface area contributed by atoms with E-state index in [1.807, 2.05) is 0 Å². The first-order valence-corrected chi connectivity index (χ1v) is 8.24. The van der Waals surface area contributed by atoms with Crippen LogP contribution in [0.25, 0.3) is 0 Å². The lowest BCUT2D eigenvalue weighted by Gasteiger charge is -2.13. The van der Waals surface area contributed by atoms with Crippen molar-refractivity contribution in [1.29, 1.82) is 0 Å². The second-order valence-electron chi connectivity index (χ2n) is 5.93. The molecule has 3 rings (SSSR count). The number of amides is 1. The smallest absolute Gasteiger partial charge is 0.269 e. The number of nitro groups is 1. The number of rotatable bonds is 6. The largest absolute Gasteiger partial charge is 0.457 e. The molecular weight excluding hydrogens is 374 g/mol. The van der Waals surface area contributed by atoms with E-state index in [0.717, 1.165) is 6.42 Å². The molecule has 0 radical (unpaired) electrons. The minimum absolute atomic E-state index is 0. The van der Waals surface area contributed by atoms with Gasteiger partial charge in [-0.25, -0.2) is 0 Å². The molecule has 2 aromatic carbocycles. The highest BCUT2D eigenvalue weighted by Crippen LogP contribution is 2.26. The van der Waals surface area contributed by atoms with Crippen molar-refractivity contribution in [2.24, 2.45) is 5.73 Å². The number of anilines is 1. The molecule has 9 heteroatoms. The molecule has 1 aliphatic rings. The highest BCUT2D eigenvalue weighted by atomic mass is 35.5. The number of carbonyl (C=O) groups excluding carboxylic acids is 1. The summed E-state index contributed by atoms with van der Waals surface area (Å²) < 4.78 is 11.3. The Kier molecular flexibility index (Phi) is 7.12. The van der Waals surface area contributed by atoms with Crippen LogP contribution in [0.5, 0.6) is 11.5 Å². The number of carbonyl (C=O) groups is 1. The predicted octanol–water partition coefficient (Wildman–Crippen LogP) is 3.25. The fourth-order valence-corrected chi connectivity index (χ4v) is 2.70. The van der Waals surface area contributed by atoms with Crippen LogP contribution in [0.15, 0.2) is 48.5 Å². The zero-order chi connectivity index (χ0) is 18.5. The molecule has 0 aliphatic carbocycles. The van der Waals surface area contributed by atoms with Gasteiger partial charge in [0, 0.05) is 30.4 Å². The third kappa shape index (κ3) is 5.40. The van der Waals surface area contributed by atoms with Crippen LogP contribution in [-0.4, -0.2) is 29.6 Å². The number of hydrogen-bond acceptors (Lipinski definition) is 6. The van der Waals surface area contributed by atoms with Crippen molar-refractivity contribution in [2.45, 2.75) is 25.0 Å². The molecule has 1 saturated heterocycles. The quantitative estimate of drug-likeness (QED) is 0.574. The van der Waals surface area contributed by atoms with E-state index in [2.05, 4.69) is 5.32 Å². The summed E-state index contributed by atoms with van der Waals surface area (Å²) in [5.41, 5.74) is 6.13. The fraction of sp³-hybridized carbons (Fsp3) is 0.278. The summed E-state index contributed by atoms with van der Waals surface area (Å²) >= 11 is 0. The van der Waals surface area contributed by atoms with Crippen molar-refractivity contribution in [3.8, 4) is 11.5 Å². The summed E-state index contributed by atoms with van der Waals surface area (Å²) in [5.74, 6) is 0.751. The van der Waals surface area contributed by atoms with Crippen LogP contribution >= 0.6 is 12.4 Å². The van der Waals surface area contributed by atoms with Crippen LogP contribution in [0.3, 0.4) is 0 Å². The SMILES string of the molecule is Cl.NC[C@H]1CC[C@@H](C(=O)Nc2cccc(Oc3ccc([N+](=O)[O-])cc3)c2)O1. The maximum absolute atomic E-state index is 12.3. The molecule has 3 N–H and O–H groups in total. The third-order valence-corrected chi connectivity index (χ3v) is 4.05. The van der Waals surface area contributed by atoms with E-state index in [1.165, 1.54) is 24.3 Å². The molecule has 1 amide bonds. The van der Waals surface area contributed by atoms with Gasteiger partial charge in [-0.2, -0.15) is 0 Å². The number of nitrogens with one attached hydrogen (secondary N) is 1. The minimum atomic E-state index is -0.497. The Morgan fingerprint density at radius 3 is 2.59 bits per heavy atom. The Morgan fingerprint density at radius 1 is 1.22 bits per heavy atom. The predicted molar refractivity (Wildman–Crippen MR) is 102 cm³/mol. The van der Waals surface area contributed by atoms with Gasteiger partial charge in [0.15, 0.2) is 0 Å². The number of benzene rings is 2. The molecule has 2 atom stereocenters. The van der Waals surface area contributed by atoms with Gasteiger partial charge < -0.3 is 20.5 Å². The lowest BCUT2D eigenvalue weighted by atomic mass is 10.2. The zero-order valence-electron chi connectivity index (χ0n) is 14.4. The molecule has 2 aromatic rings. The number of non-ortho nitro benzene ring substituents is 1. The minimum Gasteiger partial charge on any atom is -0.457 e. The van der Waals surface area contributed by atoms with Crippen LogP contribution in [-0.2, 0) is 9.53 Å². The molecule has 144 valence electrons. The third-order valence-electron chi connectivity index (χ3n) is 4.05. The van der Waals surface area contributed by atoms with Crippen molar-refractivity contribution in [1.82, 2.24) is 0 Å². The van der Waals surface area contributed by atoms with E-state index < -0.39 is 11.0 Å². The maximum atomic E-state index is 12.3. The molecule has 0 spiro atoms. The molecule has 8 nitrogen and oxygen atoms in total. The topological polar surface area (TPSA) is 117 Å². The van der Waals surface area contributed by atoms with Gasteiger partial charge in [0.1, 0.15) is 17.6 Å². The van der Waals surface area contributed by atoms with Crippen molar-refractivity contribution in [2.75, 3.05) is 11.9 Å². The molecular formula is C18H20ClN3O5. The summed E-state index contributed by atoms with van der Waals surface area (Å²) in [6.45, 7) is 0.405. The van der Waals surface area contributed by atoms with Gasteiger partial charge in [-0.1, -0.05) is 6.07 Å². The van der Waals surface area contributed by atoms with E-state index in [-0.39, 0.29) is 30.1 Å². The van der Waals surface area contributed by atoms with Gasteiger partial charge in [-0.3, -0.25) is 14.9 Å². The molecule has 1 fully saturated rings. The van der Waals surface area contributed by atoms with E-state index in [1.54, 1.807) is 24.3 Å². The molecule has 0 unspecified atom stereocenters. The molecule has 27 heavy (non-hydrogen) atoms. The van der Waals surface area contributed by atoms with E-state index in [9.17, 15) is 14.9 Å². The van der Waals surface area contributed by atoms with Crippen molar-refractivity contribution >= 4 is 29.7 Å². The number of halogens is 1. The average molecular weight is 394 g/mol. The van der Waals surface area contributed by atoms with Gasteiger partial charge in [0.2, 0.25) is 0 Å². The Hall–Kier alpha value is -2.68. The van der Waals surface area contributed by atoms with Crippen molar-refractivity contribution in [3.05, 3.63) is 58.6 Å². The zero-order valence-corrected chi connectivity index (χ0v) is 15.2. The Labute approximate surface area is 162 Å². The van der Waals surface area contributed by atoms with Crippen LogP contribution in [0, 0.1) is 10.1 Å². The summed E-state index contributed by atoms with van der Waals surface area (Å²) in [5, 5.41) is 13.5. The molecule has 0 bridgehead atoms. The highest BCUT2D eigenvalue weighted by molar-refractivity contribution is 5.94. The van der Waals surface area contributed by atoms with E-state index in [4.69, 9.17) is 15.2 Å². The second kappa shape index (κ2) is 9.31. The van der Waals surface area contributed by atoms with Crippen LogP contribution in [0.2, 0.25) is 0 Å². The molecule has 1 aliphatic heterocycles. The first-order chi connectivity index (χ1) is 12.5. The lowest BCUT2D eigenvalue weighted by Crippen LogP contribution is -2.29. The van der Waals surface area contributed by atoms with Crippen LogP contribution in [0.1, 0.15) is 12.8 Å². The average Bonchev–Trinajstić information content (AvgIpc) is 3.12. The number of nitro benzene ring substituents is 1. The number of ether oxygens (including phenoxy) is 2. The standard InChI is InChI=1S/C18H19N3O5.ClH/c19-11-16-8-9-17(26-16)18(22)20-12-2-1-3-15(10-12)25-14-6-4-13(5-7-14)21(23)24;/h1-7,10,16-17H,8-9,11,19H2,(H,20,22);1H/t16-,17+;/m1./s1. The van der Waals surface area contributed by atoms with Gasteiger partial charge in [0.25, 0.3) is 11.6 Å². The molecule has 1 heterocycles. The normalized spacial score (nSPS) is 18.4. The number of hydrogen-bond donors (Lipinski definition) is 2. The summed E-state index contributed by atoms with van der Waals surface area (Å²) in [4.78, 5) is 22.5. The Morgan fingerprint density at radius 2 is 1.96 bits per heavy atom. The van der Waals surface area contributed by atoms with E-state index in [0.29, 0.717) is 30.2 Å². The number of nitrogens with two attached hydrogens (primary N) is 1. The number of nitrogens with zero attached hydrogens (tertiary/aromatic N) is 1. The Bertz CT molecular complexity index is 800. The first-order valence-electron chi connectivity index (χ1n) is 8.24. The van der Waals surface area contributed by atoms with Crippen LogP contribution in [0.4, 0.5) is 11.4 Å². The second-order valence-corrected chi connectivity index (χ2v) is 5.93. The molecule has 0 aromatic heterocycles. The van der Waals surface area contributed by atoms with Gasteiger partial charge in [-0.15, -0.1) is 12.4 Å². The van der Waals surface area contributed by atoms with Crippen LogP contribution < -0.4 is 15.8 Å². The van der Waals surface area contributed by atoms with Gasteiger partial charge in [-0.05, 0) is 37.1 Å². The summed E-state index contributed by atoms with van der Waals surface area (Å²) in [6.07, 6.45) is 0.857. The van der Waals surface area contributed by atoms with Gasteiger partial charge >= 0.3 is 0 Å². The molecule has 0 saturated carbocycles. The van der Waals surface area contributed by atoms with E-state index >= 15 is 0 Å². The highest BCUT2D eigenvalue weighted by Gasteiger charge is 2.29.